The maximum atomic E-state index is 12.7. The van der Waals surface area contributed by atoms with E-state index in [1.165, 1.54) is 5.56 Å². The average molecular weight is 398 g/mol. The highest BCUT2D eigenvalue weighted by Gasteiger charge is 2.17. The van der Waals surface area contributed by atoms with Gasteiger partial charge in [0.05, 0.1) is 6.04 Å². The summed E-state index contributed by atoms with van der Waals surface area (Å²) in [5, 5.41) is 4.34. The van der Waals surface area contributed by atoms with Gasteiger partial charge in [0.2, 0.25) is 5.91 Å². The quantitative estimate of drug-likeness (QED) is 0.531. The van der Waals surface area contributed by atoms with Crippen LogP contribution in [0, 0.1) is 6.92 Å². The fourth-order valence-electron chi connectivity index (χ4n) is 3.01. The molecular weight excluding hydrogens is 377 g/mol. The van der Waals surface area contributed by atoms with Crippen LogP contribution < -0.4 is 5.32 Å². The number of hydrogen-bond acceptors (Lipinski definition) is 1. The molecule has 0 aromatic heterocycles. The van der Waals surface area contributed by atoms with Gasteiger partial charge in [0, 0.05) is 16.5 Å². The zero-order valence-corrected chi connectivity index (χ0v) is 16.6. The summed E-state index contributed by atoms with van der Waals surface area (Å²) in [5.41, 5.74) is 4.09. The summed E-state index contributed by atoms with van der Waals surface area (Å²) in [7, 11) is 0. The number of aryl methyl sites for hydroxylation is 1. The van der Waals surface area contributed by atoms with Crippen molar-refractivity contribution in [1.29, 1.82) is 0 Å². The number of carbonyl (C=O) groups excluding carboxylic acids is 1. The van der Waals surface area contributed by atoms with Crippen LogP contribution in [0.4, 0.5) is 0 Å². The van der Waals surface area contributed by atoms with Crippen molar-refractivity contribution in [3.63, 3.8) is 0 Å². The van der Waals surface area contributed by atoms with Crippen molar-refractivity contribution in [3.8, 4) is 0 Å². The van der Waals surface area contributed by atoms with Crippen LogP contribution >= 0.6 is 23.2 Å². The van der Waals surface area contributed by atoms with Crippen molar-refractivity contribution >= 4 is 29.1 Å². The Labute approximate surface area is 170 Å². The van der Waals surface area contributed by atoms with Gasteiger partial charge in [-0.2, -0.15) is 0 Å². The van der Waals surface area contributed by atoms with Gasteiger partial charge >= 0.3 is 0 Å². The molecule has 1 atom stereocenters. The third kappa shape index (κ3) is 5.12. The molecule has 0 aliphatic rings. The van der Waals surface area contributed by atoms with E-state index in [0.717, 1.165) is 16.7 Å². The molecule has 3 aromatic carbocycles. The van der Waals surface area contributed by atoms with E-state index in [1.54, 1.807) is 18.2 Å². The summed E-state index contributed by atoms with van der Waals surface area (Å²) in [6.07, 6.45) is 0.818. The average Bonchev–Trinajstić information content (AvgIpc) is 2.67. The van der Waals surface area contributed by atoms with Crippen molar-refractivity contribution in [2.75, 3.05) is 0 Å². The number of nitrogens with one attached hydrogen (secondary N) is 1. The van der Waals surface area contributed by atoms with Crippen LogP contribution in [0.2, 0.25) is 10.0 Å². The number of amides is 1. The minimum atomic E-state index is -0.194. The first-order chi connectivity index (χ1) is 13.0. The van der Waals surface area contributed by atoms with Gasteiger partial charge in [-0.1, -0.05) is 89.4 Å². The Morgan fingerprint density at radius 1 is 0.852 bits per heavy atom. The lowest BCUT2D eigenvalue weighted by atomic mass is 9.97. The Balaban J connectivity index is 1.76. The van der Waals surface area contributed by atoms with E-state index in [0.29, 0.717) is 22.9 Å². The normalized spacial score (nSPS) is 11.8. The van der Waals surface area contributed by atoms with Gasteiger partial charge in [0.15, 0.2) is 0 Å². The number of hydrogen-bond donors (Lipinski definition) is 1. The molecule has 3 aromatic rings. The lowest BCUT2D eigenvalue weighted by Crippen LogP contribution is -2.29. The molecule has 0 spiro atoms. The minimum absolute atomic E-state index is 0.0413. The predicted molar refractivity (Wildman–Crippen MR) is 112 cm³/mol. The molecule has 0 fully saturated rings. The second-order valence-corrected chi connectivity index (χ2v) is 7.34. The first-order valence-electron chi connectivity index (χ1n) is 8.88. The fourth-order valence-corrected chi connectivity index (χ4v) is 3.59. The predicted octanol–water partition coefficient (Wildman–Crippen LogP) is 6.14. The minimum Gasteiger partial charge on any atom is -0.345 e. The fraction of sp³-hybridized carbons (Fsp3) is 0.174. The third-order valence-electron chi connectivity index (χ3n) is 4.51. The van der Waals surface area contributed by atoms with Crippen LogP contribution in [0.5, 0.6) is 0 Å². The zero-order valence-electron chi connectivity index (χ0n) is 15.1. The van der Waals surface area contributed by atoms with Crippen LogP contribution in [-0.2, 0) is 11.2 Å². The lowest BCUT2D eigenvalue weighted by Gasteiger charge is -2.20. The van der Waals surface area contributed by atoms with Crippen molar-refractivity contribution < 1.29 is 4.79 Å². The maximum absolute atomic E-state index is 12.7. The smallest absolute Gasteiger partial charge is 0.221 e. The molecule has 0 aliphatic carbocycles. The molecule has 0 heterocycles. The van der Waals surface area contributed by atoms with E-state index in [-0.39, 0.29) is 11.9 Å². The maximum Gasteiger partial charge on any atom is 0.221 e. The highest BCUT2D eigenvalue weighted by Crippen LogP contribution is 2.26. The Bertz CT molecular complexity index is 887. The van der Waals surface area contributed by atoms with Gasteiger partial charge in [-0.3, -0.25) is 4.79 Å². The van der Waals surface area contributed by atoms with Gasteiger partial charge in [0.1, 0.15) is 0 Å². The van der Waals surface area contributed by atoms with Crippen LogP contribution in [0.3, 0.4) is 0 Å². The number of benzene rings is 3. The number of halogens is 2. The Morgan fingerprint density at radius 2 is 1.44 bits per heavy atom. The molecule has 0 saturated carbocycles. The summed E-state index contributed by atoms with van der Waals surface area (Å²) < 4.78 is 0. The van der Waals surface area contributed by atoms with E-state index in [1.807, 2.05) is 37.3 Å². The zero-order chi connectivity index (χ0) is 19.2. The summed E-state index contributed by atoms with van der Waals surface area (Å²) in [6, 6.07) is 23.4. The first-order valence-corrected chi connectivity index (χ1v) is 9.64. The molecule has 4 heteroatoms. The molecule has 0 unspecified atom stereocenters. The van der Waals surface area contributed by atoms with Crippen molar-refractivity contribution in [3.05, 3.63) is 105 Å². The number of rotatable bonds is 6. The molecule has 2 nitrogen and oxygen atoms in total. The lowest BCUT2D eigenvalue weighted by molar-refractivity contribution is -0.121. The third-order valence-corrected chi connectivity index (χ3v) is 5.22. The van der Waals surface area contributed by atoms with Crippen molar-refractivity contribution in [2.24, 2.45) is 0 Å². The van der Waals surface area contributed by atoms with Crippen LogP contribution in [0.1, 0.15) is 34.7 Å². The highest BCUT2D eigenvalue weighted by atomic mass is 35.5. The van der Waals surface area contributed by atoms with Crippen molar-refractivity contribution in [2.45, 2.75) is 25.8 Å². The summed E-state index contributed by atoms with van der Waals surface area (Å²) in [4.78, 5) is 12.7. The molecule has 0 radical (unpaired) electrons. The second kappa shape index (κ2) is 9.07. The van der Waals surface area contributed by atoms with E-state index in [2.05, 4.69) is 29.6 Å². The van der Waals surface area contributed by atoms with Gasteiger partial charge in [0.25, 0.3) is 0 Å². The van der Waals surface area contributed by atoms with Crippen molar-refractivity contribution in [1.82, 2.24) is 5.32 Å². The highest BCUT2D eigenvalue weighted by molar-refractivity contribution is 6.36. The molecule has 27 heavy (non-hydrogen) atoms. The molecule has 138 valence electrons. The first kappa shape index (κ1) is 19.5. The Hall–Kier alpha value is -2.29. The topological polar surface area (TPSA) is 29.1 Å². The summed E-state index contributed by atoms with van der Waals surface area (Å²) >= 11 is 12.4. The van der Waals surface area contributed by atoms with Gasteiger partial charge < -0.3 is 5.32 Å². The molecule has 1 amide bonds. The molecule has 0 bridgehead atoms. The van der Waals surface area contributed by atoms with Crippen LogP contribution in [-0.4, -0.2) is 5.91 Å². The molecule has 0 saturated heterocycles. The second-order valence-electron chi connectivity index (χ2n) is 6.52. The molecule has 0 aliphatic heterocycles. The number of carbonyl (C=O) groups is 1. The molecule has 3 rings (SSSR count). The van der Waals surface area contributed by atoms with E-state index >= 15 is 0 Å². The van der Waals surface area contributed by atoms with Gasteiger partial charge in [-0.05, 0) is 42.2 Å². The summed E-state index contributed by atoms with van der Waals surface area (Å²) in [6.45, 7) is 2.05. The summed E-state index contributed by atoms with van der Waals surface area (Å²) in [5.74, 6) is -0.0413. The van der Waals surface area contributed by atoms with E-state index in [9.17, 15) is 4.79 Å². The van der Waals surface area contributed by atoms with Crippen LogP contribution in [0.25, 0.3) is 0 Å². The van der Waals surface area contributed by atoms with E-state index < -0.39 is 0 Å². The van der Waals surface area contributed by atoms with E-state index in [4.69, 9.17) is 23.2 Å². The monoisotopic (exact) mass is 397 g/mol. The molecule has 1 N–H and O–H groups in total. The van der Waals surface area contributed by atoms with Gasteiger partial charge in [-0.15, -0.1) is 0 Å². The Morgan fingerprint density at radius 3 is 2.07 bits per heavy atom. The standard InChI is InChI=1S/C23H21Cl2NO/c1-16-10-12-18(13-11-16)23(17-6-3-2-4-7-17)26-22(27)15-14-19-20(24)8-5-9-21(19)25/h2-13,23H,14-15H2,1H3,(H,26,27)/t23-/m1/s1. The molecular formula is C23H21Cl2NO. The van der Waals surface area contributed by atoms with Crippen LogP contribution in [0.15, 0.2) is 72.8 Å². The Kier molecular flexibility index (Phi) is 6.54. The van der Waals surface area contributed by atoms with Gasteiger partial charge in [-0.25, -0.2) is 0 Å². The largest absolute Gasteiger partial charge is 0.345 e. The SMILES string of the molecule is Cc1ccc([C@H](NC(=O)CCc2c(Cl)cccc2Cl)c2ccccc2)cc1.